The molecule has 0 atom stereocenters. The van der Waals surface area contributed by atoms with E-state index in [1.807, 2.05) is 27.0 Å². The van der Waals surface area contributed by atoms with Gasteiger partial charge in [-0.1, -0.05) is 0 Å². The summed E-state index contributed by atoms with van der Waals surface area (Å²) in [5.41, 5.74) is 7.98. The smallest absolute Gasteiger partial charge is 0.252 e. The summed E-state index contributed by atoms with van der Waals surface area (Å²) in [7, 11) is 1.99. The molecule has 1 aliphatic rings. The molecule has 0 radical (unpaired) electrons. The maximum atomic E-state index is 11.7. The van der Waals surface area contributed by atoms with E-state index in [1.165, 1.54) is 6.42 Å². The predicted molar refractivity (Wildman–Crippen MR) is 85.7 cm³/mol. The zero-order valence-corrected chi connectivity index (χ0v) is 13.3. The van der Waals surface area contributed by atoms with Crippen molar-refractivity contribution in [3.63, 3.8) is 0 Å². The lowest BCUT2D eigenvalue weighted by Gasteiger charge is -2.34. The van der Waals surface area contributed by atoms with Gasteiger partial charge in [0.2, 0.25) is 0 Å². The normalized spacial score (nSPS) is 16.2. The van der Waals surface area contributed by atoms with E-state index < -0.39 is 0 Å². The molecule has 2 rings (SSSR count). The number of aromatic nitrogens is 1. The number of amides is 1. The summed E-state index contributed by atoms with van der Waals surface area (Å²) in [6.07, 6.45) is 3.51. The molecule has 1 aromatic heterocycles. The number of pyridine rings is 1. The molecule has 116 valence electrons. The third-order valence-electron chi connectivity index (χ3n) is 4.29. The first-order chi connectivity index (χ1) is 10.0. The van der Waals surface area contributed by atoms with Crippen LogP contribution in [0.3, 0.4) is 0 Å². The van der Waals surface area contributed by atoms with Crippen molar-refractivity contribution in [2.45, 2.75) is 33.1 Å². The summed E-state index contributed by atoms with van der Waals surface area (Å²) in [6.45, 7) is 6.85. The standard InChI is InChI=1S/C16H26N4O/c1-11-10-12(2)19-16(14(11)15(17)21)20-8-5-13(6-9-20)4-7-18-3/h10,13,18H,4-9H2,1-3H3,(H2,17,21). The van der Waals surface area contributed by atoms with Crippen LogP contribution in [0.4, 0.5) is 5.82 Å². The number of hydrogen-bond donors (Lipinski definition) is 2. The van der Waals surface area contributed by atoms with E-state index in [4.69, 9.17) is 5.73 Å². The predicted octanol–water partition coefficient (Wildman–Crippen LogP) is 1.62. The summed E-state index contributed by atoms with van der Waals surface area (Å²) < 4.78 is 0. The number of nitrogens with zero attached hydrogens (tertiary/aromatic N) is 2. The van der Waals surface area contributed by atoms with Crippen molar-refractivity contribution < 1.29 is 4.79 Å². The van der Waals surface area contributed by atoms with Gasteiger partial charge in [-0.2, -0.15) is 0 Å². The van der Waals surface area contributed by atoms with Crippen molar-refractivity contribution in [3.8, 4) is 0 Å². The number of hydrogen-bond acceptors (Lipinski definition) is 4. The maximum Gasteiger partial charge on any atom is 0.252 e. The van der Waals surface area contributed by atoms with Crippen LogP contribution in [0.25, 0.3) is 0 Å². The Balaban J connectivity index is 2.14. The highest BCUT2D eigenvalue weighted by atomic mass is 16.1. The van der Waals surface area contributed by atoms with Gasteiger partial charge in [0.15, 0.2) is 0 Å². The Bertz CT molecular complexity index is 507. The lowest BCUT2D eigenvalue weighted by molar-refractivity contribution is 0.1000. The molecule has 1 aliphatic heterocycles. The van der Waals surface area contributed by atoms with Crippen LogP contribution in [0.2, 0.25) is 0 Å². The Morgan fingerprint density at radius 2 is 2.10 bits per heavy atom. The van der Waals surface area contributed by atoms with Gasteiger partial charge in [0.25, 0.3) is 5.91 Å². The first-order valence-electron chi connectivity index (χ1n) is 7.70. The average Bonchev–Trinajstić information content (AvgIpc) is 2.44. The van der Waals surface area contributed by atoms with Gasteiger partial charge < -0.3 is 16.0 Å². The SMILES string of the molecule is CNCCC1CCN(c2nc(C)cc(C)c2C(N)=O)CC1. The van der Waals surface area contributed by atoms with E-state index >= 15 is 0 Å². The summed E-state index contributed by atoms with van der Waals surface area (Å²) in [5.74, 6) is 1.15. The lowest BCUT2D eigenvalue weighted by Crippen LogP contribution is -2.36. The zero-order valence-electron chi connectivity index (χ0n) is 13.3. The zero-order chi connectivity index (χ0) is 15.4. The van der Waals surface area contributed by atoms with Crippen LogP contribution in [0.15, 0.2) is 6.07 Å². The van der Waals surface area contributed by atoms with Crippen LogP contribution in [-0.4, -0.2) is 37.6 Å². The highest BCUT2D eigenvalue weighted by molar-refractivity contribution is 5.99. The Hall–Kier alpha value is -1.62. The van der Waals surface area contributed by atoms with Crippen LogP contribution in [0, 0.1) is 19.8 Å². The van der Waals surface area contributed by atoms with Gasteiger partial charge in [0.05, 0.1) is 5.56 Å². The van der Waals surface area contributed by atoms with Gasteiger partial charge in [0, 0.05) is 18.8 Å². The van der Waals surface area contributed by atoms with Gasteiger partial charge in [-0.15, -0.1) is 0 Å². The Morgan fingerprint density at radius 1 is 1.43 bits per heavy atom. The molecule has 0 aliphatic carbocycles. The number of nitrogens with one attached hydrogen (secondary N) is 1. The number of nitrogens with two attached hydrogens (primary N) is 1. The first kappa shape index (κ1) is 15.8. The summed E-state index contributed by atoms with van der Waals surface area (Å²) in [4.78, 5) is 18.5. The van der Waals surface area contributed by atoms with E-state index in [0.29, 0.717) is 5.56 Å². The highest BCUT2D eigenvalue weighted by Crippen LogP contribution is 2.28. The van der Waals surface area contributed by atoms with E-state index in [1.54, 1.807) is 0 Å². The number of primary amides is 1. The second-order valence-electron chi connectivity index (χ2n) is 5.97. The van der Waals surface area contributed by atoms with Crippen molar-refractivity contribution >= 4 is 11.7 Å². The minimum Gasteiger partial charge on any atom is -0.365 e. The molecule has 21 heavy (non-hydrogen) atoms. The van der Waals surface area contributed by atoms with Gasteiger partial charge in [-0.25, -0.2) is 4.98 Å². The lowest BCUT2D eigenvalue weighted by atomic mass is 9.93. The third kappa shape index (κ3) is 3.73. The van der Waals surface area contributed by atoms with Crippen LogP contribution in [0.5, 0.6) is 0 Å². The van der Waals surface area contributed by atoms with Crippen molar-refractivity contribution in [1.29, 1.82) is 0 Å². The molecule has 0 spiro atoms. The topological polar surface area (TPSA) is 71.2 Å². The molecule has 0 unspecified atom stereocenters. The molecule has 1 fully saturated rings. The molecule has 1 amide bonds. The quantitative estimate of drug-likeness (QED) is 0.864. The van der Waals surface area contributed by atoms with E-state index in [-0.39, 0.29) is 5.91 Å². The fourth-order valence-corrected chi connectivity index (χ4v) is 3.13. The highest BCUT2D eigenvalue weighted by Gasteiger charge is 2.24. The average molecular weight is 290 g/mol. The molecule has 1 saturated heterocycles. The van der Waals surface area contributed by atoms with Crippen molar-refractivity contribution in [3.05, 3.63) is 22.9 Å². The fourth-order valence-electron chi connectivity index (χ4n) is 3.13. The van der Waals surface area contributed by atoms with Gasteiger partial charge in [-0.05, 0) is 64.3 Å². The monoisotopic (exact) mass is 290 g/mol. The number of carbonyl (C=O) groups is 1. The molecule has 0 saturated carbocycles. The number of piperidine rings is 1. The van der Waals surface area contributed by atoms with Gasteiger partial charge in [0.1, 0.15) is 5.82 Å². The minimum atomic E-state index is -0.382. The van der Waals surface area contributed by atoms with E-state index in [9.17, 15) is 4.79 Å². The molecule has 5 heteroatoms. The van der Waals surface area contributed by atoms with Crippen molar-refractivity contribution in [1.82, 2.24) is 10.3 Å². The number of carbonyl (C=O) groups excluding carboxylic acids is 1. The molecular weight excluding hydrogens is 264 g/mol. The van der Waals surface area contributed by atoms with Crippen LogP contribution >= 0.6 is 0 Å². The number of rotatable bonds is 5. The number of anilines is 1. The van der Waals surface area contributed by atoms with Crippen LogP contribution in [0.1, 0.15) is 40.9 Å². The van der Waals surface area contributed by atoms with E-state index in [0.717, 1.165) is 55.5 Å². The maximum absolute atomic E-state index is 11.7. The van der Waals surface area contributed by atoms with Gasteiger partial charge >= 0.3 is 0 Å². The summed E-state index contributed by atoms with van der Waals surface area (Å²) in [5, 5.41) is 3.21. The Morgan fingerprint density at radius 3 is 2.67 bits per heavy atom. The summed E-state index contributed by atoms with van der Waals surface area (Å²) >= 11 is 0. The second kappa shape index (κ2) is 6.89. The molecule has 5 nitrogen and oxygen atoms in total. The van der Waals surface area contributed by atoms with Crippen LogP contribution in [-0.2, 0) is 0 Å². The molecular formula is C16H26N4O. The van der Waals surface area contributed by atoms with E-state index in [2.05, 4.69) is 15.2 Å². The molecule has 1 aromatic rings. The van der Waals surface area contributed by atoms with Gasteiger partial charge in [-0.3, -0.25) is 4.79 Å². The largest absolute Gasteiger partial charge is 0.365 e. The Labute approximate surface area is 126 Å². The second-order valence-corrected chi connectivity index (χ2v) is 5.97. The molecule has 0 aromatic carbocycles. The third-order valence-corrected chi connectivity index (χ3v) is 4.29. The molecule has 3 N–H and O–H groups in total. The molecule has 2 heterocycles. The molecule has 0 bridgehead atoms. The number of aryl methyl sites for hydroxylation is 2. The first-order valence-corrected chi connectivity index (χ1v) is 7.70. The van der Waals surface area contributed by atoms with Crippen molar-refractivity contribution in [2.24, 2.45) is 11.7 Å². The van der Waals surface area contributed by atoms with Crippen LogP contribution < -0.4 is 16.0 Å². The minimum absolute atomic E-state index is 0.382. The van der Waals surface area contributed by atoms with Crippen molar-refractivity contribution in [2.75, 3.05) is 31.6 Å². The Kier molecular flexibility index (Phi) is 5.17. The summed E-state index contributed by atoms with van der Waals surface area (Å²) in [6, 6.07) is 1.92. The fraction of sp³-hybridized carbons (Fsp3) is 0.625.